The average Bonchev–Trinajstić information content (AvgIpc) is 3.18. The van der Waals surface area contributed by atoms with Gasteiger partial charge in [0.05, 0.1) is 6.20 Å². The molecule has 6 heteroatoms. The highest BCUT2D eigenvalue weighted by Crippen LogP contribution is 2.35. The molecule has 0 amide bonds. The van der Waals surface area contributed by atoms with Crippen molar-refractivity contribution < 1.29 is 8.78 Å². The first-order valence-corrected chi connectivity index (χ1v) is 10.6. The van der Waals surface area contributed by atoms with Gasteiger partial charge in [0.15, 0.2) is 11.6 Å². The fourth-order valence-electron chi connectivity index (χ4n) is 3.29. The third kappa shape index (κ3) is 5.38. The molecule has 4 nitrogen and oxygen atoms in total. The number of fused-ring (bicyclic) bond motifs is 1. The molecule has 0 unspecified atom stereocenters. The average molecular weight is 435 g/mol. The molecule has 2 aromatic carbocycles. The van der Waals surface area contributed by atoms with Crippen LogP contribution in [-0.4, -0.2) is 14.4 Å². The molecule has 166 valence electrons. The Balaban J connectivity index is 0.000000144. The number of hydrogen-bond donors (Lipinski definition) is 1. The Morgan fingerprint density at radius 1 is 1.03 bits per heavy atom. The van der Waals surface area contributed by atoms with Crippen molar-refractivity contribution in [2.75, 3.05) is 5.73 Å². The van der Waals surface area contributed by atoms with Gasteiger partial charge in [0.25, 0.3) is 0 Å². The van der Waals surface area contributed by atoms with Gasteiger partial charge in [-0.3, -0.25) is 4.40 Å². The van der Waals surface area contributed by atoms with E-state index in [0.717, 1.165) is 11.3 Å². The lowest BCUT2D eigenvalue weighted by atomic mass is 9.85. The molecule has 32 heavy (non-hydrogen) atoms. The van der Waals surface area contributed by atoms with Crippen molar-refractivity contribution in [3.05, 3.63) is 102 Å². The number of aryl methyl sites for hydroxylation is 2. The van der Waals surface area contributed by atoms with Gasteiger partial charge < -0.3 is 5.73 Å². The molecule has 2 aromatic heterocycles. The zero-order valence-corrected chi connectivity index (χ0v) is 18.4. The molecule has 0 spiro atoms. The number of imidazole rings is 1. The predicted molar refractivity (Wildman–Crippen MR) is 126 cm³/mol. The van der Waals surface area contributed by atoms with E-state index in [9.17, 15) is 8.78 Å². The minimum Gasteiger partial charge on any atom is -0.382 e. The van der Waals surface area contributed by atoms with Gasteiger partial charge in [-0.1, -0.05) is 67.1 Å². The Bertz CT molecular complexity index is 1180. The standard InChI is InChI=1S/C10H12N4.C9H8F2.C7H8/c11-9-8-6-13-10(7-2-1-3-7)14(8)5-4-12-9;1-3-7-5-4-6(2)8(10)9(7)11;1-7-5-3-2-4-6-7/h4-7H,1-3H2,(H2,11,12);3-5H,1H2,2H3;2-6H,1H3. The SMILES string of the molecule is C=Cc1ccc(C)c(F)c1F.Cc1ccccc1.Nc1nccn2c(C3CCC3)ncc12. The fraction of sp³-hybridized carbons (Fsp3) is 0.231. The van der Waals surface area contributed by atoms with E-state index in [1.165, 1.54) is 50.0 Å². The fourth-order valence-corrected chi connectivity index (χ4v) is 3.29. The van der Waals surface area contributed by atoms with Crippen LogP contribution < -0.4 is 5.73 Å². The Morgan fingerprint density at radius 3 is 2.31 bits per heavy atom. The molecular formula is C26H28F2N4. The number of nitrogens with two attached hydrogens (primary N) is 1. The van der Waals surface area contributed by atoms with E-state index in [0.29, 0.717) is 17.3 Å². The number of anilines is 1. The van der Waals surface area contributed by atoms with Gasteiger partial charge in [0.1, 0.15) is 17.2 Å². The van der Waals surface area contributed by atoms with E-state index in [4.69, 9.17) is 5.73 Å². The first-order valence-electron chi connectivity index (χ1n) is 10.6. The van der Waals surface area contributed by atoms with Gasteiger partial charge in [-0.15, -0.1) is 0 Å². The van der Waals surface area contributed by atoms with Crippen molar-refractivity contribution in [2.45, 2.75) is 39.0 Å². The minimum atomic E-state index is -0.819. The third-order valence-corrected chi connectivity index (χ3v) is 5.45. The van der Waals surface area contributed by atoms with Crippen LogP contribution in [0.2, 0.25) is 0 Å². The summed E-state index contributed by atoms with van der Waals surface area (Å²) in [6.07, 6.45) is 10.6. The number of halogens is 2. The zero-order chi connectivity index (χ0) is 23.1. The summed E-state index contributed by atoms with van der Waals surface area (Å²) in [4.78, 5) is 8.46. The summed E-state index contributed by atoms with van der Waals surface area (Å²) in [7, 11) is 0. The van der Waals surface area contributed by atoms with Gasteiger partial charge in [-0.2, -0.15) is 0 Å². The number of aromatic nitrogens is 3. The van der Waals surface area contributed by atoms with E-state index >= 15 is 0 Å². The number of rotatable bonds is 2. The molecule has 0 aliphatic heterocycles. The van der Waals surface area contributed by atoms with Crippen LogP contribution in [0.15, 0.2) is 67.6 Å². The van der Waals surface area contributed by atoms with Crippen LogP contribution in [0, 0.1) is 25.5 Å². The van der Waals surface area contributed by atoms with Gasteiger partial charge in [-0.25, -0.2) is 18.7 Å². The molecule has 1 saturated carbocycles. The third-order valence-electron chi connectivity index (χ3n) is 5.45. The summed E-state index contributed by atoms with van der Waals surface area (Å²) in [5.74, 6) is 0.715. The lowest BCUT2D eigenvalue weighted by Crippen LogP contribution is -2.12. The normalized spacial score (nSPS) is 12.8. The zero-order valence-electron chi connectivity index (χ0n) is 18.4. The predicted octanol–water partition coefficient (Wildman–Crippen LogP) is 6.49. The van der Waals surface area contributed by atoms with Crippen LogP contribution in [0.4, 0.5) is 14.6 Å². The Kier molecular flexibility index (Phi) is 7.71. The van der Waals surface area contributed by atoms with E-state index in [2.05, 4.69) is 40.0 Å². The summed E-state index contributed by atoms with van der Waals surface area (Å²) in [6, 6.07) is 13.3. The van der Waals surface area contributed by atoms with Gasteiger partial charge in [-0.05, 0) is 32.3 Å². The van der Waals surface area contributed by atoms with Gasteiger partial charge >= 0.3 is 0 Å². The van der Waals surface area contributed by atoms with Crippen LogP contribution in [0.5, 0.6) is 0 Å². The van der Waals surface area contributed by atoms with Crippen molar-refractivity contribution in [3.8, 4) is 0 Å². The molecular weight excluding hydrogens is 406 g/mol. The van der Waals surface area contributed by atoms with Crippen molar-refractivity contribution in [2.24, 2.45) is 0 Å². The highest BCUT2D eigenvalue weighted by molar-refractivity contribution is 5.64. The van der Waals surface area contributed by atoms with E-state index in [1.54, 1.807) is 6.20 Å². The van der Waals surface area contributed by atoms with Crippen molar-refractivity contribution >= 4 is 17.4 Å². The maximum Gasteiger partial charge on any atom is 0.166 e. The molecule has 2 heterocycles. The molecule has 5 rings (SSSR count). The number of benzene rings is 2. The molecule has 0 bridgehead atoms. The second-order valence-electron chi connectivity index (χ2n) is 7.77. The monoisotopic (exact) mass is 434 g/mol. The molecule has 2 N–H and O–H groups in total. The molecule has 1 aliphatic rings. The Morgan fingerprint density at radius 2 is 1.75 bits per heavy atom. The largest absolute Gasteiger partial charge is 0.382 e. The summed E-state index contributed by atoms with van der Waals surface area (Å²) in [6.45, 7) is 6.96. The van der Waals surface area contributed by atoms with Gasteiger partial charge in [0, 0.05) is 23.9 Å². The summed E-state index contributed by atoms with van der Waals surface area (Å²) >= 11 is 0. The Hall–Kier alpha value is -3.54. The highest BCUT2D eigenvalue weighted by atomic mass is 19.2. The van der Waals surface area contributed by atoms with Gasteiger partial charge in [0.2, 0.25) is 0 Å². The molecule has 1 fully saturated rings. The first-order chi connectivity index (χ1) is 15.4. The minimum absolute atomic E-state index is 0.202. The van der Waals surface area contributed by atoms with Crippen LogP contribution in [-0.2, 0) is 0 Å². The lowest BCUT2D eigenvalue weighted by Gasteiger charge is -2.23. The quantitative estimate of drug-likeness (QED) is 0.392. The first kappa shape index (κ1) is 23.1. The van der Waals surface area contributed by atoms with E-state index in [-0.39, 0.29) is 5.56 Å². The molecule has 1 aliphatic carbocycles. The highest BCUT2D eigenvalue weighted by Gasteiger charge is 2.23. The second-order valence-corrected chi connectivity index (χ2v) is 7.77. The molecule has 0 radical (unpaired) electrons. The topological polar surface area (TPSA) is 56.2 Å². The van der Waals surface area contributed by atoms with Crippen molar-refractivity contribution in [1.82, 2.24) is 14.4 Å². The molecule has 0 atom stereocenters. The van der Waals surface area contributed by atoms with E-state index in [1.807, 2.05) is 30.6 Å². The Labute approximate surface area is 187 Å². The number of hydrogen-bond acceptors (Lipinski definition) is 3. The number of nitrogens with zero attached hydrogens (tertiary/aromatic N) is 3. The van der Waals surface area contributed by atoms with Crippen LogP contribution in [0.1, 0.15) is 47.7 Å². The van der Waals surface area contributed by atoms with Crippen molar-refractivity contribution in [1.29, 1.82) is 0 Å². The molecule has 4 aromatic rings. The van der Waals surface area contributed by atoms with Crippen LogP contribution >= 0.6 is 0 Å². The smallest absolute Gasteiger partial charge is 0.166 e. The maximum absolute atomic E-state index is 12.8. The number of nitrogen functional groups attached to an aromatic ring is 1. The molecule has 0 saturated heterocycles. The summed E-state index contributed by atoms with van der Waals surface area (Å²) in [5.41, 5.74) is 8.52. The van der Waals surface area contributed by atoms with Crippen LogP contribution in [0.3, 0.4) is 0 Å². The van der Waals surface area contributed by atoms with E-state index < -0.39 is 11.6 Å². The maximum atomic E-state index is 12.8. The summed E-state index contributed by atoms with van der Waals surface area (Å²) in [5, 5.41) is 0. The van der Waals surface area contributed by atoms with Crippen molar-refractivity contribution in [3.63, 3.8) is 0 Å². The second kappa shape index (κ2) is 10.7. The lowest BCUT2D eigenvalue weighted by molar-refractivity contribution is 0.400. The summed E-state index contributed by atoms with van der Waals surface area (Å²) < 4.78 is 27.6. The van der Waals surface area contributed by atoms with Crippen LogP contribution in [0.25, 0.3) is 11.6 Å².